The molecule has 2 aromatic carbocycles. The zero-order valence-electron chi connectivity index (χ0n) is 23.6. The van der Waals surface area contributed by atoms with Crippen LogP contribution in [0.5, 0.6) is 17.4 Å². The zero-order valence-corrected chi connectivity index (χ0v) is 24.4. The molecule has 3 aromatic heterocycles. The normalized spacial score (nSPS) is 11.4. The van der Waals surface area contributed by atoms with Gasteiger partial charge in [-0.05, 0) is 30.7 Å². The molecule has 0 bridgehead atoms. The summed E-state index contributed by atoms with van der Waals surface area (Å²) >= 11 is 0. The molecule has 0 saturated heterocycles. The number of nitrogens with zero attached hydrogens (tertiary/aromatic N) is 5. The Kier molecular flexibility index (Phi) is 8.50. The number of pyridine rings is 1. The predicted molar refractivity (Wildman–Crippen MR) is 158 cm³/mol. The molecule has 12 nitrogen and oxygen atoms in total. The number of methoxy groups -OCH3 is 2. The van der Waals surface area contributed by atoms with Gasteiger partial charge in [0.2, 0.25) is 15.9 Å². The van der Waals surface area contributed by atoms with Crippen LogP contribution in [0.4, 0.5) is 5.82 Å². The van der Waals surface area contributed by atoms with Gasteiger partial charge in [-0.1, -0.05) is 42.5 Å². The monoisotopic (exact) mass is 590 g/mol. The Balaban J connectivity index is 1.73. The van der Waals surface area contributed by atoms with Crippen molar-refractivity contribution in [1.82, 2.24) is 24.5 Å². The molecule has 0 radical (unpaired) electrons. The molecule has 3 heterocycles. The molecule has 5 rings (SSSR count). The smallest absolute Gasteiger partial charge is 0.231 e. The van der Waals surface area contributed by atoms with E-state index in [1.807, 2.05) is 37.3 Å². The molecule has 5 aromatic rings. The summed E-state index contributed by atoms with van der Waals surface area (Å²) in [5.41, 5.74) is 2.65. The van der Waals surface area contributed by atoms with E-state index in [4.69, 9.17) is 33.9 Å². The number of hydrogen-bond donors (Lipinski definition) is 1. The van der Waals surface area contributed by atoms with Crippen molar-refractivity contribution >= 4 is 27.1 Å². The Morgan fingerprint density at radius 1 is 0.833 bits per heavy atom. The predicted octanol–water partition coefficient (Wildman–Crippen LogP) is 4.38. The molecule has 1 N–H and O–H groups in total. The SMILES string of the molecule is CCOc1cccc(-c2nc3nc(COCc4ccccc4)c(NS(C)(=O)=O)nc3n2-c2c(OC)cccc2OC)n1. The highest BCUT2D eigenvalue weighted by molar-refractivity contribution is 7.92. The summed E-state index contributed by atoms with van der Waals surface area (Å²) in [5, 5.41) is 0. The molecule has 0 spiro atoms. The van der Waals surface area contributed by atoms with Crippen LogP contribution in [-0.2, 0) is 28.0 Å². The average Bonchev–Trinajstić information content (AvgIpc) is 3.34. The van der Waals surface area contributed by atoms with Gasteiger partial charge < -0.3 is 18.9 Å². The molecule has 0 aliphatic carbocycles. The lowest BCUT2D eigenvalue weighted by atomic mass is 10.2. The van der Waals surface area contributed by atoms with E-state index in [2.05, 4.69) is 9.71 Å². The van der Waals surface area contributed by atoms with Crippen LogP contribution in [0.1, 0.15) is 18.2 Å². The van der Waals surface area contributed by atoms with Gasteiger partial charge in [0.25, 0.3) is 0 Å². The van der Waals surface area contributed by atoms with Crippen LogP contribution in [-0.4, -0.2) is 60.0 Å². The lowest BCUT2D eigenvalue weighted by Crippen LogP contribution is -2.15. The van der Waals surface area contributed by atoms with E-state index in [9.17, 15) is 8.42 Å². The summed E-state index contributed by atoms with van der Waals surface area (Å²) in [6.07, 6.45) is 1.04. The summed E-state index contributed by atoms with van der Waals surface area (Å²) in [4.78, 5) is 18.9. The number of para-hydroxylation sites is 1. The molecular formula is C29H30N6O6S. The molecule has 218 valence electrons. The van der Waals surface area contributed by atoms with Gasteiger partial charge in [-0.3, -0.25) is 9.29 Å². The Hall–Kier alpha value is -4.75. The molecule has 0 saturated carbocycles. The third-order valence-corrected chi connectivity index (χ3v) is 6.63. The minimum atomic E-state index is -3.72. The first kappa shape index (κ1) is 28.8. The minimum Gasteiger partial charge on any atom is -0.494 e. The van der Waals surface area contributed by atoms with Crippen molar-refractivity contribution in [1.29, 1.82) is 0 Å². The molecule has 0 atom stereocenters. The van der Waals surface area contributed by atoms with E-state index in [1.54, 1.807) is 41.0 Å². The van der Waals surface area contributed by atoms with Gasteiger partial charge in [-0.25, -0.2) is 28.4 Å². The fraction of sp³-hybridized carbons (Fsp3) is 0.241. The van der Waals surface area contributed by atoms with Crippen molar-refractivity contribution in [3.63, 3.8) is 0 Å². The van der Waals surface area contributed by atoms with E-state index in [0.29, 0.717) is 47.8 Å². The summed E-state index contributed by atoms with van der Waals surface area (Å²) < 4.78 is 51.8. The van der Waals surface area contributed by atoms with Crippen molar-refractivity contribution in [2.24, 2.45) is 0 Å². The highest BCUT2D eigenvalue weighted by Gasteiger charge is 2.26. The Morgan fingerprint density at radius 2 is 1.55 bits per heavy atom. The standard InChI is InChI=1S/C29H30N6O6S/c1-5-41-24-16-9-13-20(30-24)28-33-27-29(35(28)25-22(38-2)14-10-15-23(25)39-3)32-26(34-42(4,36)37)21(31-27)18-40-17-19-11-7-6-8-12-19/h6-16H,5,17-18H2,1-4H3,(H,32,34). The number of ether oxygens (including phenoxy) is 4. The number of anilines is 1. The van der Waals surface area contributed by atoms with Crippen molar-refractivity contribution in [3.8, 4) is 34.6 Å². The van der Waals surface area contributed by atoms with Gasteiger partial charge >= 0.3 is 0 Å². The topological polar surface area (TPSA) is 140 Å². The maximum Gasteiger partial charge on any atom is 0.231 e. The largest absolute Gasteiger partial charge is 0.494 e. The summed E-state index contributed by atoms with van der Waals surface area (Å²) in [5.74, 6) is 1.71. The second-order valence-electron chi connectivity index (χ2n) is 9.09. The fourth-order valence-electron chi connectivity index (χ4n) is 4.33. The fourth-order valence-corrected chi connectivity index (χ4v) is 4.84. The number of benzene rings is 2. The highest BCUT2D eigenvalue weighted by Crippen LogP contribution is 2.38. The number of hydrogen-bond acceptors (Lipinski definition) is 10. The van der Waals surface area contributed by atoms with Crippen LogP contribution in [0.15, 0.2) is 66.7 Å². The molecular weight excluding hydrogens is 560 g/mol. The third kappa shape index (κ3) is 6.26. The second kappa shape index (κ2) is 12.4. The van der Waals surface area contributed by atoms with Gasteiger partial charge in [0.05, 0.1) is 40.3 Å². The maximum atomic E-state index is 12.4. The number of nitrogens with one attached hydrogen (secondary N) is 1. The zero-order chi connectivity index (χ0) is 29.7. The van der Waals surface area contributed by atoms with Gasteiger partial charge in [-0.2, -0.15) is 0 Å². The Bertz CT molecular complexity index is 1790. The van der Waals surface area contributed by atoms with Crippen molar-refractivity contribution in [2.45, 2.75) is 20.1 Å². The molecule has 0 fully saturated rings. The van der Waals surface area contributed by atoms with E-state index in [-0.39, 0.29) is 29.4 Å². The third-order valence-electron chi connectivity index (χ3n) is 6.07. The summed E-state index contributed by atoms with van der Waals surface area (Å²) in [6.45, 7) is 2.58. The van der Waals surface area contributed by atoms with Crippen LogP contribution < -0.4 is 18.9 Å². The minimum absolute atomic E-state index is 0.00986. The molecule has 0 unspecified atom stereocenters. The second-order valence-corrected chi connectivity index (χ2v) is 10.8. The maximum absolute atomic E-state index is 12.4. The number of aromatic nitrogens is 5. The van der Waals surface area contributed by atoms with Gasteiger partial charge in [0.15, 0.2) is 22.9 Å². The van der Waals surface area contributed by atoms with Gasteiger partial charge in [-0.15, -0.1) is 0 Å². The molecule has 0 aliphatic rings. The Morgan fingerprint density at radius 3 is 2.21 bits per heavy atom. The molecule has 0 amide bonds. The highest BCUT2D eigenvalue weighted by atomic mass is 32.2. The van der Waals surface area contributed by atoms with Crippen molar-refractivity contribution < 1.29 is 27.4 Å². The quantitative estimate of drug-likeness (QED) is 0.223. The van der Waals surface area contributed by atoms with Crippen molar-refractivity contribution in [2.75, 3.05) is 31.8 Å². The lowest BCUT2D eigenvalue weighted by molar-refractivity contribution is 0.105. The van der Waals surface area contributed by atoms with Crippen LogP contribution in [0.3, 0.4) is 0 Å². The first-order valence-electron chi connectivity index (χ1n) is 13.0. The first-order chi connectivity index (χ1) is 20.3. The Labute approximate surface area is 243 Å². The average molecular weight is 591 g/mol. The van der Waals surface area contributed by atoms with Crippen molar-refractivity contribution in [3.05, 3.63) is 78.0 Å². The van der Waals surface area contributed by atoms with Gasteiger partial charge in [0.1, 0.15) is 28.6 Å². The summed E-state index contributed by atoms with van der Waals surface area (Å²) in [6, 6.07) is 20.3. The number of imidazole rings is 1. The van der Waals surface area contributed by atoms with Crippen LogP contribution in [0.2, 0.25) is 0 Å². The number of rotatable bonds is 12. The number of sulfonamides is 1. The lowest BCUT2D eigenvalue weighted by Gasteiger charge is -2.17. The van der Waals surface area contributed by atoms with Crippen LogP contribution in [0, 0.1) is 0 Å². The van der Waals surface area contributed by atoms with Gasteiger partial charge in [0, 0.05) is 6.07 Å². The first-order valence-corrected chi connectivity index (χ1v) is 14.9. The molecule has 42 heavy (non-hydrogen) atoms. The van der Waals surface area contributed by atoms with Crippen LogP contribution in [0.25, 0.3) is 28.5 Å². The molecule has 13 heteroatoms. The van der Waals surface area contributed by atoms with E-state index in [0.717, 1.165) is 11.8 Å². The molecule has 0 aliphatic heterocycles. The van der Waals surface area contributed by atoms with Crippen LogP contribution >= 0.6 is 0 Å². The van der Waals surface area contributed by atoms with E-state index in [1.165, 1.54) is 14.2 Å². The van der Waals surface area contributed by atoms with E-state index < -0.39 is 10.0 Å². The number of fused-ring (bicyclic) bond motifs is 1. The van der Waals surface area contributed by atoms with E-state index >= 15 is 0 Å². The summed E-state index contributed by atoms with van der Waals surface area (Å²) in [7, 11) is -0.647.